The van der Waals surface area contributed by atoms with Crippen molar-refractivity contribution in [3.63, 3.8) is 0 Å². The number of carbonyl (C=O) groups excluding carboxylic acids is 2. The molecule has 5 nitrogen and oxygen atoms in total. The van der Waals surface area contributed by atoms with Crippen LogP contribution in [0.5, 0.6) is 0 Å². The van der Waals surface area contributed by atoms with Gasteiger partial charge in [-0.2, -0.15) is 0 Å². The van der Waals surface area contributed by atoms with Gasteiger partial charge < -0.3 is 10.2 Å². The Kier molecular flexibility index (Phi) is 4.46. The van der Waals surface area contributed by atoms with E-state index < -0.39 is 0 Å². The minimum absolute atomic E-state index is 0.0192. The molecule has 1 saturated heterocycles. The minimum atomic E-state index is -0.190. The van der Waals surface area contributed by atoms with Gasteiger partial charge in [0.15, 0.2) is 0 Å². The van der Waals surface area contributed by atoms with Gasteiger partial charge in [0.25, 0.3) is 0 Å². The molecule has 0 bridgehead atoms. The van der Waals surface area contributed by atoms with E-state index in [-0.39, 0.29) is 40.3 Å². The number of ketones is 2. The Bertz CT molecular complexity index is 713. The van der Waals surface area contributed by atoms with Crippen molar-refractivity contribution in [1.29, 1.82) is 0 Å². The second kappa shape index (κ2) is 6.65. The number of nitrogens with one attached hydrogen (secondary N) is 1. The Labute approximate surface area is 168 Å². The number of hydrogen-bond donors (Lipinski definition) is 1. The lowest BCUT2D eigenvalue weighted by Crippen LogP contribution is -2.60. The molecule has 0 aromatic carbocycles. The van der Waals surface area contributed by atoms with Gasteiger partial charge >= 0.3 is 0 Å². The summed E-state index contributed by atoms with van der Waals surface area (Å²) >= 11 is 0. The fourth-order valence-corrected chi connectivity index (χ4v) is 7.51. The van der Waals surface area contributed by atoms with E-state index in [9.17, 15) is 9.59 Å². The predicted octanol–water partition coefficient (Wildman–Crippen LogP) is 3.51. The summed E-state index contributed by atoms with van der Waals surface area (Å²) in [7, 11) is 0. The molecule has 7 atom stereocenters. The number of fused-ring (bicyclic) bond motifs is 5. The highest BCUT2D eigenvalue weighted by molar-refractivity contribution is 6.40. The summed E-state index contributed by atoms with van der Waals surface area (Å²) in [5.74, 6) is 0.440. The molecule has 0 amide bonds. The van der Waals surface area contributed by atoms with E-state index >= 15 is 0 Å². The van der Waals surface area contributed by atoms with Crippen LogP contribution in [0, 0.1) is 34.5 Å². The molecular weight excluding hydrogens is 352 g/mol. The normalized spacial score (nSPS) is 49.6. The highest BCUT2D eigenvalue weighted by Crippen LogP contribution is 2.64. The SMILES string of the molecule is C[C@@]12CCC[C@H]1[C@@H]1C(=O)C(=O)C3CC(=NO[C@H]4CCNC4)CC[C@]3(C)[C@@H]1CC2. The van der Waals surface area contributed by atoms with Crippen LogP contribution in [-0.4, -0.2) is 36.5 Å². The van der Waals surface area contributed by atoms with Crippen molar-refractivity contribution < 1.29 is 14.4 Å². The van der Waals surface area contributed by atoms with E-state index in [4.69, 9.17) is 4.84 Å². The number of carbonyl (C=O) groups is 2. The maximum atomic E-state index is 13.3. The van der Waals surface area contributed by atoms with Gasteiger partial charge in [-0.25, -0.2) is 0 Å². The second-order valence-corrected chi connectivity index (χ2v) is 10.7. The molecule has 0 aromatic heterocycles. The number of hydrogen-bond acceptors (Lipinski definition) is 5. The molecule has 1 unspecified atom stereocenters. The molecule has 5 fully saturated rings. The van der Waals surface area contributed by atoms with E-state index in [2.05, 4.69) is 24.3 Å². The van der Waals surface area contributed by atoms with Crippen molar-refractivity contribution in [3.8, 4) is 0 Å². The quantitative estimate of drug-likeness (QED) is 0.582. The van der Waals surface area contributed by atoms with Crippen LogP contribution in [0.3, 0.4) is 0 Å². The van der Waals surface area contributed by atoms with Crippen molar-refractivity contribution in [1.82, 2.24) is 5.32 Å². The third-order valence-corrected chi connectivity index (χ3v) is 9.29. The molecule has 4 saturated carbocycles. The predicted molar refractivity (Wildman–Crippen MR) is 107 cm³/mol. The zero-order valence-corrected chi connectivity index (χ0v) is 17.3. The lowest BCUT2D eigenvalue weighted by atomic mass is 9.44. The van der Waals surface area contributed by atoms with E-state index in [1.807, 2.05) is 0 Å². The van der Waals surface area contributed by atoms with E-state index in [1.165, 1.54) is 19.3 Å². The molecular formula is C23H34N2O3. The fourth-order valence-electron chi connectivity index (χ4n) is 7.51. The Morgan fingerprint density at radius 1 is 1.04 bits per heavy atom. The third-order valence-electron chi connectivity index (χ3n) is 9.29. The zero-order chi connectivity index (χ0) is 19.5. The van der Waals surface area contributed by atoms with Crippen molar-refractivity contribution in [2.45, 2.75) is 77.7 Å². The lowest BCUT2D eigenvalue weighted by Gasteiger charge is -2.58. The average Bonchev–Trinajstić information content (AvgIpc) is 3.33. The Balaban J connectivity index is 1.39. The number of Topliss-reactive ketones (excluding diaryl/α,β-unsaturated/α-hetero) is 2. The summed E-state index contributed by atoms with van der Waals surface area (Å²) in [6.07, 6.45) is 9.53. The largest absolute Gasteiger partial charge is 0.391 e. The van der Waals surface area contributed by atoms with Crippen LogP contribution >= 0.6 is 0 Å². The topological polar surface area (TPSA) is 67.8 Å². The summed E-state index contributed by atoms with van der Waals surface area (Å²) in [6, 6.07) is 0. The van der Waals surface area contributed by atoms with Crippen molar-refractivity contribution in [2.24, 2.45) is 39.7 Å². The Hall–Kier alpha value is -1.23. The monoisotopic (exact) mass is 386 g/mol. The van der Waals surface area contributed by atoms with E-state index in [0.717, 1.165) is 50.9 Å². The van der Waals surface area contributed by atoms with Gasteiger partial charge in [0.1, 0.15) is 6.10 Å². The van der Waals surface area contributed by atoms with Crippen LogP contribution < -0.4 is 5.32 Å². The van der Waals surface area contributed by atoms with Gasteiger partial charge in [-0.05, 0) is 74.2 Å². The standard InChI is InChI=1S/C23H34N2O3/c1-22-8-3-4-16(22)19-17(6-9-22)23(2)10-5-14(12-18(23)20(26)21(19)27)25-28-15-7-11-24-13-15/h15-19,24H,3-13H2,1-2H3/t15-,16-,17+,18?,19-,22-,23+/m0/s1. The second-order valence-electron chi connectivity index (χ2n) is 10.7. The zero-order valence-electron chi connectivity index (χ0n) is 17.3. The smallest absolute Gasteiger partial charge is 0.202 e. The summed E-state index contributed by atoms with van der Waals surface area (Å²) in [4.78, 5) is 32.3. The van der Waals surface area contributed by atoms with Crippen molar-refractivity contribution in [2.75, 3.05) is 13.1 Å². The first-order valence-corrected chi connectivity index (χ1v) is 11.4. The van der Waals surface area contributed by atoms with Crippen molar-refractivity contribution in [3.05, 3.63) is 0 Å². The lowest BCUT2D eigenvalue weighted by molar-refractivity contribution is -0.164. The molecule has 0 aromatic rings. The summed E-state index contributed by atoms with van der Waals surface area (Å²) in [5, 5.41) is 7.71. The first kappa shape index (κ1) is 18.8. The van der Waals surface area contributed by atoms with Crippen LogP contribution in [0.2, 0.25) is 0 Å². The number of oxime groups is 1. The van der Waals surface area contributed by atoms with Gasteiger partial charge in [-0.3, -0.25) is 9.59 Å². The van der Waals surface area contributed by atoms with Crippen LogP contribution in [0.15, 0.2) is 5.16 Å². The summed E-state index contributed by atoms with van der Waals surface area (Å²) < 4.78 is 0. The highest BCUT2D eigenvalue weighted by atomic mass is 16.6. The van der Waals surface area contributed by atoms with Crippen LogP contribution in [0.1, 0.15) is 71.6 Å². The average molecular weight is 387 g/mol. The minimum Gasteiger partial charge on any atom is -0.391 e. The molecule has 28 heavy (non-hydrogen) atoms. The molecule has 4 aliphatic carbocycles. The number of rotatable bonds is 2. The summed E-state index contributed by atoms with van der Waals surface area (Å²) in [5.41, 5.74) is 1.22. The van der Waals surface area contributed by atoms with Crippen LogP contribution in [-0.2, 0) is 14.4 Å². The Morgan fingerprint density at radius 3 is 2.68 bits per heavy atom. The number of nitrogens with zero attached hydrogens (tertiary/aromatic N) is 1. The van der Waals surface area contributed by atoms with Gasteiger partial charge in [0.05, 0.1) is 5.71 Å². The molecule has 5 rings (SSSR count). The molecule has 0 radical (unpaired) electrons. The Morgan fingerprint density at radius 2 is 1.89 bits per heavy atom. The molecule has 1 aliphatic heterocycles. The van der Waals surface area contributed by atoms with Crippen molar-refractivity contribution >= 4 is 17.3 Å². The van der Waals surface area contributed by atoms with Gasteiger partial charge in [-0.1, -0.05) is 25.4 Å². The molecule has 5 aliphatic rings. The fraction of sp³-hybridized carbons (Fsp3) is 0.870. The van der Waals surface area contributed by atoms with Gasteiger partial charge in [0, 0.05) is 24.8 Å². The molecule has 1 N–H and O–H groups in total. The van der Waals surface area contributed by atoms with Crippen LogP contribution in [0.25, 0.3) is 0 Å². The molecule has 0 spiro atoms. The van der Waals surface area contributed by atoms with Gasteiger partial charge in [0.2, 0.25) is 11.6 Å². The summed E-state index contributed by atoms with van der Waals surface area (Å²) in [6.45, 7) is 6.50. The first-order valence-electron chi connectivity index (χ1n) is 11.4. The maximum absolute atomic E-state index is 13.3. The third kappa shape index (κ3) is 2.72. The van der Waals surface area contributed by atoms with Crippen LogP contribution in [0.4, 0.5) is 0 Å². The first-order chi connectivity index (χ1) is 13.4. The van der Waals surface area contributed by atoms with E-state index in [0.29, 0.717) is 18.3 Å². The van der Waals surface area contributed by atoms with E-state index in [1.54, 1.807) is 0 Å². The molecule has 1 heterocycles. The highest BCUT2D eigenvalue weighted by Gasteiger charge is 2.63. The molecule has 5 heteroatoms. The molecule has 154 valence electrons. The maximum Gasteiger partial charge on any atom is 0.202 e. The van der Waals surface area contributed by atoms with Gasteiger partial charge in [-0.15, -0.1) is 0 Å².